The zero-order valence-electron chi connectivity index (χ0n) is 16.6. The van der Waals surface area contributed by atoms with Gasteiger partial charge in [0, 0.05) is 10.8 Å². The highest BCUT2D eigenvalue weighted by atomic mass is 32.1. The molecule has 8 nitrogen and oxygen atoms in total. The lowest BCUT2D eigenvalue weighted by Crippen LogP contribution is -2.16. The predicted molar refractivity (Wildman–Crippen MR) is 106 cm³/mol. The summed E-state index contributed by atoms with van der Waals surface area (Å²) in [4.78, 5) is 25.8. The van der Waals surface area contributed by atoms with Crippen LogP contribution in [0.5, 0.6) is 0 Å². The molecule has 0 spiro atoms. The topological polar surface area (TPSA) is 107 Å². The third kappa shape index (κ3) is 3.95. The molecule has 3 aromatic heterocycles. The van der Waals surface area contributed by atoms with Gasteiger partial charge in [0.2, 0.25) is 5.91 Å². The number of thiophene rings is 1. The minimum absolute atomic E-state index is 0.0485. The highest BCUT2D eigenvalue weighted by Crippen LogP contribution is 2.36. The Morgan fingerprint density at radius 1 is 1.21 bits per heavy atom. The largest absolute Gasteiger partial charge is 0.466 e. The van der Waals surface area contributed by atoms with Crippen LogP contribution in [0.3, 0.4) is 0 Å². The molecule has 0 radical (unpaired) electrons. The van der Waals surface area contributed by atoms with Gasteiger partial charge >= 0.3 is 5.97 Å². The summed E-state index contributed by atoms with van der Waals surface area (Å²) in [6, 6.07) is 1.81. The Labute approximate surface area is 171 Å². The van der Waals surface area contributed by atoms with Crippen LogP contribution in [-0.4, -0.2) is 22.1 Å². The molecule has 0 saturated heterocycles. The summed E-state index contributed by atoms with van der Waals surface area (Å²) in [7, 11) is 0. The van der Waals surface area contributed by atoms with Crippen molar-refractivity contribution in [3.8, 4) is 11.5 Å². The predicted octanol–water partition coefficient (Wildman–Crippen LogP) is 4.33. The maximum Gasteiger partial charge on any atom is 0.341 e. The third-order valence-corrected chi connectivity index (χ3v) is 5.96. The number of hydrogen-bond donors (Lipinski definition) is 1. The van der Waals surface area contributed by atoms with Gasteiger partial charge in [-0.2, -0.15) is 0 Å². The summed E-state index contributed by atoms with van der Waals surface area (Å²) < 4.78 is 16.5. The number of hydrogen-bond acceptors (Lipinski definition) is 8. The molecule has 1 aliphatic carbocycles. The van der Waals surface area contributed by atoms with Crippen molar-refractivity contribution >= 4 is 28.2 Å². The molecule has 1 fully saturated rings. The van der Waals surface area contributed by atoms with Crippen molar-refractivity contribution in [2.24, 2.45) is 5.92 Å². The minimum Gasteiger partial charge on any atom is -0.466 e. The lowest BCUT2D eigenvalue weighted by atomic mass is 10.1. The lowest BCUT2D eigenvalue weighted by Gasteiger charge is -2.06. The lowest BCUT2D eigenvalue weighted by molar-refractivity contribution is -0.117. The summed E-state index contributed by atoms with van der Waals surface area (Å²) in [6.07, 6.45) is 1.79. The zero-order chi connectivity index (χ0) is 20.7. The van der Waals surface area contributed by atoms with Crippen LogP contribution in [0.1, 0.15) is 51.1 Å². The van der Waals surface area contributed by atoms with Crippen molar-refractivity contribution in [3.05, 3.63) is 39.5 Å². The van der Waals surface area contributed by atoms with Crippen LogP contribution >= 0.6 is 11.3 Å². The average molecular weight is 415 g/mol. The molecular weight excluding hydrogens is 394 g/mol. The zero-order valence-corrected chi connectivity index (χ0v) is 17.4. The van der Waals surface area contributed by atoms with E-state index in [1.165, 1.54) is 11.3 Å². The quantitative estimate of drug-likeness (QED) is 0.597. The number of aromatic nitrogens is 2. The number of nitrogens with zero attached hydrogens (tertiary/aromatic N) is 2. The number of anilines is 1. The molecular formula is C20H21N3O5S. The molecule has 0 atom stereocenters. The van der Waals surface area contributed by atoms with Gasteiger partial charge in [-0.05, 0) is 52.2 Å². The molecule has 3 aromatic rings. The van der Waals surface area contributed by atoms with E-state index in [0.29, 0.717) is 27.8 Å². The first-order chi connectivity index (χ1) is 13.8. The van der Waals surface area contributed by atoms with Crippen LogP contribution in [-0.2, 0) is 16.1 Å². The smallest absolute Gasteiger partial charge is 0.341 e. The van der Waals surface area contributed by atoms with Crippen molar-refractivity contribution in [2.45, 2.75) is 47.1 Å². The molecule has 0 aromatic carbocycles. The van der Waals surface area contributed by atoms with Gasteiger partial charge in [-0.25, -0.2) is 4.79 Å². The fourth-order valence-electron chi connectivity index (χ4n) is 2.98. The first-order valence-corrected chi connectivity index (χ1v) is 10.1. The number of carbonyl (C=O) groups excluding carboxylic acids is 2. The number of furan rings is 1. The molecule has 1 amide bonds. The molecule has 0 unspecified atom stereocenters. The molecule has 9 heteroatoms. The van der Waals surface area contributed by atoms with Crippen LogP contribution in [0.4, 0.5) is 5.00 Å². The molecule has 29 heavy (non-hydrogen) atoms. The Hall–Kier alpha value is -2.94. The Morgan fingerprint density at radius 2 is 1.97 bits per heavy atom. The molecule has 152 valence electrons. The van der Waals surface area contributed by atoms with E-state index in [1.807, 2.05) is 33.8 Å². The summed E-state index contributed by atoms with van der Waals surface area (Å²) >= 11 is 1.38. The fraction of sp³-hybridized carbons (Fsp3) is 0.400. The number of ether oxygens (including phenoxy) is 1. The van der Waals surface area contributed by atoms with Gasteiger partial charge in [0.15, 0.2) is 6.61 Å². The molecule has 0 bridgehead atoms. The van der Waals surface area contributed by atoms with E-state index >= 15 is 0 Å². The number of carbonyl (C=O) groups is 2. The van der Waals surface area contributed by atoms with Crippen molar-refractivity contribution in [3.63, 3.8) is 0 Å². The monoisotopic (exact) mass is 415 g/mol. The van der Waals surface area contributed by atoms with E-state index in [2.05, 4.69) is 15.5 Å². The SMILES string of the molecule is Cc1cc(-c2nnc(COC(=O)c3c(NC(=O)C4CC4)sc(C)c3C)o2)c(C)o1. The van der Waals surface area contributed by atoms with Gasteiger partial charge in [0.25, 0.3) is 11.8 Å². The number of rotatable bonds is 6. The van der Waals surface area contributed by atoms with Crippen LogP contribution in [0.25, 0.3) is 11.5 Å². The second-order valence-corrected chi connectivity index (χ2v) is 8.38. The number of amides is 1. The molecule has 3 heterocycles. The van der Waals surface area contributed by atoms with Crippen LogP contribution in [0.2, 0.25) is 0 Å². The molecule has 1 N–H and O–H groups in total. The van der Waals surface area contributed by atoms with E-state index in [1.54, 1.807) is 0 Å². The van der Waals surface area contributed by atoms with Gasteiger partial charge in [-0.15, -0.1) is 21.5 Å². The normalized spacial score (nSPS) is 13.5. The van der Waals surface area contributed by atoms with E-state index in [4.69, 9.17) is 13.6 Å². The number of esters is 1. The fourth-order valence-corrected chi connectivity index (χ4v) is 4.04. The second-order valence-electron chi connectivity index (χ2n) is 7.15. The molecule has 4 rings (SSSR count). The summed E-state index contributed by atoms with van der Waals surface area (Å²) in [5.41, 5.74) is 1.88. The van der Waals surface area contributed by atoms with Gasteiger partial charge in [-0.1, -0.05) is 0 Å². The molecule has 0 aliphatic heterocycles. The standard InChI is InChI=1S/C20H21N3O5S/c1-9-7-14(11(3)27-9)18-23-22-15(28-18)8-26-20(25)16-10(2)12(4)29-19(16)21-17(24)13-5-6-13/h7,13H,5-6,8H2,1-4H3,(H,21,24). The van der Waals surface area contributed by atoms with Crippen LogP contribution in [0, 0.1) is 33.6 Å². The first kappa shape index (κ1) is 19.4. The molecule has 1 aliphatic rings. The van der Waals surface area contributed by atoms with Gasteiger partial charge in [0.1, 0.15) is 16.5 Å². The third-order valence-electron chi connectivity index (χ3n) is 4.84. The maximum absolute atomic E-state index is 12.7. The average Bonchev–Trinajstić information content (AvgIpc) is 3.24. The van der Waals surface area contributed by atoms with Crippen LogP contribution in [0.15, 0.2) is 14.9 Å². The Kier molecular flexibility index (Phi) is 4.99. The summed E-state index contributed by atoms with van der Waals surface area (Å²) in [5, 5.41) is 11.3. The van der Waals surface area contributed by atoms with Crippen molar-refractivity contribution in [1.82, 2.24) is 10.2 Å². The number of aryl methyl sites for hydroxylation is 3. The second kappa shape index (κ2) is 7.47. The maximum atomic E-state index is 12.7. The minimum atomic E-state index is -0.534. The first-order valence-electron chi connectivity index (χ1n) is 9.31. The highest BCUT2D eigenvalue weighted by Gasteiger charge is 2.32. The Balaban J connectivity index is 1.46. The summed E-state index contributed by atoms with van der Waals surface area (Å²) in [5.74, 6) is 1.38. The van der Waals surface area contributed by atoms with Crippen LogP contribution < -0.4 is 5.32 Å². The van der Waals surface area contributed by atoms with Gasteiger partial charge in [-0.3, -0.25) is 4.79 Å². The van der Waals surface area contributed by atoms with E-state index < -0.39 is 5.97 Å². The Morgan fingerprint density at radius 3 is 2.62 bits per heavy atom. The van der Waals surface area contributed by atoms with Crippen molar-refractivity contribution in [2.75, 3.05) is 5.32 Å². The van der Waals surface area contributed by atoms with E-state index in [9.17, 15) is 9.59 Å². The van der Waals surface area contributed by atoms with Gasteiger partial charge < -0.3 is 18.9 Å². The van der Waals surface area contributed by atoms with Crippen molar-refractivity contribution < 1.29 is 23.2 Å². The van der Waals surface area contributed by atoms with E-state index in [0.717, 1.165) is 29.0 Å². The van der Waals surface area contributed by atoms with Crippen molar-refractivity contribution in [1.29, 1.82) is 0 Å². The number of nitrogens with one attached hydrogen (secondary N) is 1. The Bertz CT molecular complexity index is 1090. The molecule has 1 saturated carbocycles. The highest BCUT2D eigenvalue weighted by molar-refractivity contribution is 7.16. The summed E-state index contributed by atoms with van der Waals surface area (Å²) in [6.45, 7) is 7.23. The van der Waals surface area contributed by atoms with E-state index in [-0.39, 0.29) is 24.3 Å². The van der Waals surface area contributed by atoms with Gasteiger partial charge in [0.05, 0.1) is 11.1 Å².